The number of hydrogen-bond acceptors (Lipinski definition) is 6. The highest BCUT2D eigenvalue weighted by molar-refractivity contribution is 8.16. The van der Waals surface area contributed by atoms with E-state index in [1.54, 1.807) is 19.0 Å². The fourth-order valence-corrected chi connectivity index (χ4v) is 5.14. The first kappa shape index (κ1) is 25.8. The predicted octanol–water partition coefficient (Wildman–Crippen LogP) is 4.77. The highest BCUT2D eigenvalue weighted by Gasteiger charge is 2.19. The quantitative estimate of drug-likeness (QED) is 0.428. The van der Waals surface area contributed by atoms with E-state index in [9.17, 15) is 9.59 Å². The van der Waals surface area contributed by atoms with Crippen LogP contribution in [-0.4, -0.2) is 63.2 Å². The number of benzene rings is 2. The molecule has 1 N–H and O–H groups in total. The average molecular weight is 487 g/mol. The van der Waals surface area contributed by atoms with Gasteiger partial charge in [0.05, 0.1) is 13.7 Å². The number of nitrogens with zero attached hydrogens (tertiary/aromatic N) is 1. The van der Waals surface area contributed by atoms with Crippen molar-refractivity contribution in [2.45, 2.75) is 31.6 Å². The molecular weight excluding hydrogens is 452 g/mol. The molecule has 0 saturated carbocycles. The molecule has 1 aliphatic heterocycles. The summed E-state index contributed by atoms with van der Waals surface area (Å²) in [6.45, 7) is 6.00. The van der Waals surface area contributed by atoms with E-state index in [1.165, 1.54) is 7.11 Å². The molecule has 1 saturated heterocycles. The number of rotatable bonds is 8. The first-order valence-electron chi connectivity index (χ1n) is 11.4. The van der Waals surface area contributed by atoms with Gasteiger partial charge in [0, 0.05) is 43.5 Å². The SMILES string of the molecule is C/C=S(/Nc1ccc(C(=O)N(C)C)cc1C)c1ccc(OCC2CCOCC2)c(C(=O)OC)c1. The van der Waals surface area contributed by atoms with Gasteiger partial charge in [-0.15, -0.1) is 0 Å². The minimum atomic E-state index is -0.478. The molecule has 8 heteroatoms. The van der Waals surface area contributed by atoms with Gasteiger partial charge >= 0.3 is 5.97 Å². The molecule has 2 aromatic carbocycles. The Labute approximate surface area is 204 Å². The van der Waals surface area contributed by atoms with Crippen molar-refractivity contribution in [3.05, 3.63) is 53.1 Å². The van der Waals surface area contributed by atoms with Gasteiger partial charge in [-0.3, -0.25) is 4.79 Å². The van der Waals surface area contributed by atoms with Crippen molar-refractivity contribution in [3.63, 3.8) is 0 Å². The molecule has 0 bridgehead atoms. The predicted molar refractivity (Wildman–Crippen MR) is 137 cm³/mol. The van der Waals surface area contributed by atoms with Crippen molar-refractivity contribution >= 4 is 33.6 Å². The lowest BCUT2D eigenvalue weighted by atomic mass is 10.0. The Hall–Kier alpha value is -2.84. The minimum Gasteiger partial charge on any atom is -0.492 e. The van der Waals surface area contributed by atoms with Crippen molar-refractivity contribution in [2.75, 3.05) is 45.7 Å². The smallest absolute Gasteiger partial charge is 0.341 e. The lowest BCUT2D eigenvalue weighted by Crippen LogP contribution is -2.22. The lowest BCUT2D eigenvalue weighted by molar-refractivity contribution is 0.0483. The zero-order valence-electron chi connectivity index (χ0n) is 20.6. The van der Waals surface area contributed by atoms with E-state index in [2.05, 4.69) is 10.1 Å². The van der Waals surface area contributed by atoms with Gasteiger partial charge in [0.15, 0.2) is 0 Å². The summed E-state index contributed by atoms with van der Waals surface area (Å²) in [6.07, 6.45) is 1.92. The summed E-state index contributed by atoms with van der Waals surface area (Å²) in [4.78, 5) is 27.3. The van der Waals surface area contributed by atoms with Gasteiger partial charge in [-0.1, -0.05) is 10.7 Å². The highest BCUT2D eigenvalue weighted by Crippen LogP contribution is 2.34. The molecule has 1 heterocycles. The number of amides is 1. The molecule has 0 aliphatic carbocycles. The number of carbonyl (C=O) groups is 2. The topological polar surface area (TPSA) is 77.1 Å². The van der Waals surface area contributed by atoms with Gasteiger partial charge in [-0.25, -0.2) is 4.79 Å². The highest BCUT2D eigenvalue weighted by atomic mass is 32.2. The maximum atomic E-state index is 12.5. The molecular formula is C26H34N2O5S. The summed E-state index contributed by atoms with van der Waals surface area (Å²) < 4.78 is 20.0. The summed E-state index contributed by atoms with van der Waals surface area (Å²) in [5.74, 6) is 0.495. The normalized spacial score (nSPS) is 15.0. The summed E-state index contributed by atoms with van der Waals surface area (Å²) in [6, 6.07) is 11.3. The molecule has 1 aliphatic rings. The van der Waals surface area contributed by atoms with Gasteiger partial charge in [-0.05, 0) is 79.9 Å². The Kier molecular flexibility index (Phi) is 9.12. The van der Waals surface area contributed by atoms with Crippen molar-refractivity contribution in [1.82, 2.24) is 4.90 Å². The van der Waals surface area contributed by atoms with Gasteiger partial charge in [0.25, 0.3) is 5.91 Å². The van der Waals surface area contributed by atoms with Crippen LogP contribution >= 0.6 is 10.7 Å². The first-order chi connectivity index (χ1) is 16.3. The Morgan fingerprint density at radius 2 is 1.91 bits per heavy atom. The second kappa shape index (κ2) is 12.0. The fourth-order valence-electron chi connectivity index (χ4n) is 3.70. The van der Waals surface area contributed by atoms with Crippen LogP contribution in [0.2, 0.25) is 0 Å². The van der Waals surface area contributed by atoms with E-state index < -0.39 is 16.6 Å². The van der Waals surface area contributed by atoms with Crippen molar-refractivity contribution in [2.24, 2.45) is 5.92 Å². The van der Waals surface area contributed by atoms with Gasteiger partial charge in [-0.2, -0.15) is 0 Å². The van der Waals surface area contributed by atoms with Crippen LogP contribution in [0.4, 0.5) is 5.69 Å². The molecule has 184 valence electrons. The molecule has 34 heavy (non-hydrogen) atoms. The number of ether oxygens (including phenoxy) is 3. The largest absolute Gasteiger partial charge is 0.492 e. The third-order valence-electron chi connectivity index (χ3n) is 5.76. The molecule has 0 spiro atoms. The number of anilines is 1. The molecule has 2 aromatic rings. The Morgan fingerprint density at radius 3 is 2.53 bits per heavy atom. The number of carbonyl (C=O) groups excluding carboxylic acids is 2. The molecule has 3 rings (SSSR count). The van der Waals surface area contributed by atoms with E-state index in [0.29, 0.717) is 29.4 Å². The van der Waals surface area contributed by atoms with Crippen LogP contribution < -0.4 is 9.46 Å². The number of hydrogen-bond donors (Lipinski definition) is 1. The second-order valence-electron chi connectivity index (χ2n) is 8.42. The minimum absolute atomic E-state index is 0.0326. The van der Waals surface area contributed by atoms with Crippen LogP contribution in [-0.2, 0) is 9.47 Å². The average Bonchev–Trinajstić information content (AvgIpc) is 2.86. The third-order valence-corrected chi connectivity index (χ3v) is 7.43. The first-order valence-corrected chi connectivity index (χ1v) is 12.7. The maximum Gasteiger partial charge on any atom is 0.341 e. The molecule has 1 atom stereocenters. The Bertz CT molecular complexity index is 1060. The summed E-state index contributed by atoms with van der Waals surface area (Å²) in [5.41, 5.74) is 2.96. The molecule has 1 fully saturated rings. The van der Waals surface area contributed by atoms with Gasteiger partial charge in [0.1, 0.15) is 11.3 Å². The Morgan fingerprint density at radius 1 is 1.18 bits per heavy atom. The van der Waals surface area contributed by atoms with Crippen LogP contribution in [0.15, 0.2) is 41.3 Å². The standard InChI is InChI=1S/C26H34N2O5S/c1-6-34(27-23-9-7-20(15-18(23)2)25(29)28(3)4)21-8-10-24(22(16-21)26(30)31-5)33-17-19-11-13-32-14-12-19/h6-10,15-16,19,27H,11-14,17H2,1-5H3. The monoisotopic (exact) mass is 486 g/mol. The summed E-state index contributed by atoms with van der Waals surface area (Å²) >= 11 is 0. The fraction of sp³-hybridized carbons (Fsp3) is 0.423. The van der Waals surface area contributed by atoms with E-state index in [1.807, 2.05) is 50.2 Å². The van der Waals surface area contributed by atoms with Crippen LogP contribution in [0.25, 0.3) is 0 Å². The van der Waals surface area contributed by atoms with Crippen LogP contribution in [0.5, 0.6) is 5.75 Å². The van der Waals surface area contributed by atoms with Crippen LogP contribution in [0, 0.1) is 12.8 Å². The summed E-state index contributed by atoms with van der Waals surface area (Å²) in [5, 5.41) is 2.05. The number of esters is 1. The number of nitrogens with one attached hydrogen (secondary N) is 1. The second-order valence-corrected chi connectivity index (χ2v) is 10.2. The zero-order valence-corrected chi connectivity index (χ0v) is 21.4. The lowest BCUT2D eigenvalue weighted by Gasteiger charge is -2.23. The van der Waals surface area contributed by atoms with Crippen molar-refractivity contribution in [3.8, 4) is 5.75 Å². The van der Waals surface area contributed by atoms with E-state index in [0.717, 1.165) is 42.2 Å². The third kappa shape index (κ3) is 6.39. The molecule has 7 nitrogen and oxygen atoms in total. The van der Waals surface area contributed by atoms with Crippen molar-refractivity contribution < 1.29 is 23.8 Å². The molecule has 1 amide bonds. The van der Waals surface area contributed by atoms with E-state index in [4.69, 9.17) is 14.2 Å². The molecule has 1 unspecified atom stereocenters. The maximum absolute atomic E-state index is 12.5. The Balaban J connectivity index is 1.81. The van der Waals surface area contributed by atoms with Crippen molar-refractivity contribution in [1.29, 1.82) is 0 Å². The van der Waals surface area contributed by atoms with Crippen LogP contribution in [0.1, 0.15) is 46.0 Å². The summed E-state index contributed by atoms with van der Waals surface area (Å²) in [7, 11) is 4.38. The van der Waals surface area contributed by atoms with Gasteiger partial charge in [0.2, 0.25) is 0 Å². The molecule has 0 aromatic heterocycles. The van der Waals surface area contributed by atoms with Crippen LogP contribution in [0.3, 0.4) is 0 Å². The van der Waals surface area contributed by atoms with Gasteiger partial charge < -0.3 is 23.8 Å². The molecule has 0 radical (unpaired) electrons. The zero-order chi connectivity index (χ0) is 24.7. The van der Waals surface area contributed by atoms with E-state index >= 15 is 0 Å². The number of methoxy groups -OCH3 is 1. The number of aryl methyl sites for hydroxylation is 1. The van der Waals surface area contributed by atoms with E-state index in [-0.39, 0.29) is 5.91 Å².